The summed E-state index contributed by atoms with van der Waals surface area (Å²) in [5, 5.41) is 9.79. The van der Waals surface area contributed by atoms with Gasteiger partial charge in [-0.3, -0.25) is 0 Å². The van der Waals surface area contributed by atoms with Gasteiger partial charge in [0.15, 0.2) is 4.34 Å². The molecule has 1 aromatic heterocycles. The van der Waals surface area contributed by atoms with E-state index in [1.54, 1.807) is 23.1 Å². The van der Waals surface area contributed by atoms with Crippen LogP contribution in [0.4, 0.5) is 0 Å². The molecule has 3 rings (SSSR count). The Kier molecular flexibility index (Phi) is 4.05. The van der Waals surface area contributed by atoms with Gasteiger partial charge in [-0.1, -0.05) is 43.0 Å². The quantitative estimate of drug-likeness (QED) is 0.744. The Balaban J connectivity index is 1.80. The van der Waals surface area contributed by atoms with Crippen molar-refractivity contribution in [3.8, 4) is 0 Å². The third kappa shape index (κ3) is 2.87. The molecule has 20 heavy (non-hydrogen) atoms. The molecule has 0 spiro atoms. The molecule has 0 bridgehead atoms. The van der Waals surface area contributed by atoms with Crippen LogP contribution >= 0.6 is 23.1 Å². The summed E-state index contributed by atoms with van der Waals surface area (Å²) in [6.45, 7) is 1.98. The van der Waals surface area contributed by atoms with Gasteiger partial charge in [0.1, 0.15) is 0 Å². The first-order chi connectivity index (χ1) is 9.76. The van der Waals surface area contributed by atoms with Gasteiger partial charge in [-0.05, 0) is 36.2 Å². The summed E-state index contributed by atoms with van der Waals surface area (Å²) in [7, 11) is 0. The third-order valence-electron chi connectivity index (χ3n) is 3.13. The van der Waals surface area contributed by atoms with E-state index in [-0.39, 0.29) is 6.10 Å². The molecular formula is C16H15NOS2. The molecule has 1 N–H and O–H groups in total. The summed E-state index contributed by atoms with van der Waals surface area (Å²) in [6.07, 6.45) is 0.376. The van der Waals surface area contributed by atoms with Gasteiger partial charge in [0.25, 0.3) is 0 Å². The predicted molar refractivity (Wildman–Crippen MR) is 85.4 cm³/mol. The summed E-state index contributed by atoms with van der Waals surface area (Å²) in [5.41, 5.74) is 2.03. The van der Waals surface area contributed by atoms with E-state index in [1.165, 1.54) is 4.70 Å². The molecule has 102 valence electrons. The average molecular weight is 301 g/mol. The SMILES string of the molecule is CC[C@H](O)c1ccc(Sc2nc3ccccc3s2)cc1. The minimum Gasteiger partial charge on any atom is -0.388 e. The van der Waals surface area contributed by atoms with Crippen molar-refractivity contribution < 1.29 is 5.11 Å². The number of thiazole rings is 1. The maximum atomic E-state index is 9.79. The zero-order chi connectivity index (χ0) is 13.9. The van der Waals surface area contributed by atoms with Crippen LogP contribution < -0.4 is 0 Å². The first-order valence-corrected chi connectivity index (χ1v) is 8.21. The second-order valence-corrected chi connectivity index (χ2v) is 6.89. The summed E-state index contributed by atoms with van der Waals surface area (Å²) in [4.78, 5) is 5.76. The Labute approximate surface area is 126 Å². The van der Waals surface area contributed by atoms with Crippen molar-refractivity contribution in [3.05, 3.63) is 54.1 Å². The van der Waals surface area contributed by atoms with Crippen LogP contribution in [0.5, 0.6) is 0 Å². The summed E-state index contributed by atoms with van der Waals surface area (Å²) in [5.74, 6) is 0. The third-order valence-corrected chi connectivity index (χ3v) is 5.24. The number of hydrogen-bond donors (Lipinski definition) is 1. The molecule has 4 heteroatoms. The minimum atomic E-state index is -0.364. The Bertz CT molecular complexity index is 673. The molecule has 1 heterocycles. The van der Waals surface area contributed by atoms with E-state index in [2.05, 4.69) is 11.1 Å². The van der Waals surface area contributed by atoms with Crippen molar-refractivity contribution in [2.75, 3.05) is 0 Å². The Morgan fingerprint density at radius 3 is 2.60 bits per heavy atom. The van der Waals surface area contributed by atoms with E-state index in [9.17, 15) is 5.11 Å². The standard InChI is InChI=1S/C16H15NOS2/c1-2-14(18)11-7-9-12(10-8-11)19-16-17-13-5-3-4-6-15(13)20-16/h3-10,14,18H,2H2,1H3/t14-/m0/s1. The number of rotatable bonds is 4. The van der Waals surface area contributed by atoms with Crippen molar-refractivity contribution in [1.82, 2.24) is 4.98 Å². The number of aliphatic hydroxyl groups excluding tert-OH is 1. The smallest absolute Gasteiger partial charge is 0.155 e. The lowest BCUT2D eigenvalue weighted by atomic mass is 10.1. The number of aromatic nitrogens is 1. The van der Waals surface area contributed by atoms with Crippen LogP contribution in [0.2, 0.25) is 0 Å². The molecule has 0 unspecified atom stereocenters. The van der Waals surface area contributed by atoms with Crippen molar-refractivity contribution >= 4 is 33.3 Å². The van der Waals surface area contributed by atoms with Crippen molar-refractivity contribution in [3.63, 3.8) is 0 Å². The average Bonchev–Trinajstić information content (AvgIpc) is 2.89. The lowest BCUT2D eigenvalue weighted by Crippen LogP contribution is -1.93. The molecule has 3 aromatic rings. The zero-order valence-electron chi connectivity index (χ0n) is 11.1. The van der Waals surface area contributed by atoms with Crippen LogP contribution in [0.15, 0.2) is 57.8 Å². The maximum Gasteiger partial charge on any atom is 0.155 e. The van der Waals surface area contributed by atoms with E-state index >= 15 is 0 Å². The van der Waals surface area contributed by atoms with E-state index in [1.807, 2.05) is 49.4 Å². The normalized spacial score (nSPS) is 12.7. The Morgan fingerprint density at radius 2 is 1.90 bits per heavy atom. The summed E-state index contributed by atoms with van der Waals surface area (Å²) in [6, 6.07) is 16.3. The topological polar surface area (TPSA) is 33.1 Å². The molecule has 1 atom stereocenters. The molecule has 2 aromatic carbocycles. The monoisotopic (exact) mass is 301 g/mol. The van der Waals surface area contributed by atoms with Crippen molar-refractivity contribution in [2.24, 2.45) is 0 Å². The number of aliphatic hydroxyl groups is 1. The molecular weight excluding hydrogens is 286 g/mol. The van der Waals surface area contributed by atoms with Crippen LogP contribution in [0.3, 0.4) is 0 Å². The van der Waals surface area contributed by atoms with Gasteiger partial charge >= 0.3 is 0 Å². The molecule has 0 aliphatic carbocycles. The van der Waals surface area contributed by atoms with Crippen LogP contribution in [0.1, 0.15) is 25.0 Å². The van der Waals surface area contributed by atoms with Gasteiger partial charge in [0.2, 0.25) is 0 Å². The fourth-order valence-corrected chi connectivity index (χ4v) is 4.03. The lowest BCUT2D eigenvalue weighted by molar-refractivity contribution is 0.173. The second-order valence-electron chi connectivity index (χ2n) is 4.54. The molecule has 0 amide bonds. The van der Waals surface area contributed by atoms with Crippen molar-refractivity contribution in [1.29, 1.82) is 0 Å². The highest BCUT2D eigenvalue weighted by atomic mass is 32.2. The van der Waals surface area contributed by atoms with Gasteiger partial charge in [-0.25, -0.2) is 4.98 Å². The van der Waals surface area contributed by atoms with E-state index in [0.29, 0.717) is 0 Å². The van der Waals surface area contributed by atoms with Gasteiger partial charge in [0, 0.05) is 4.90 Å². The van der Waals surface area contributed by atoms with E-state index in [4.69, 9.17) is 0 Å². The molecule has 0 saturated heterocycles. The minimum absolute atomic E-state index is 0.364. The summed E-state index contributed by atoms with van der Waals surface area (Å²) >= 11 is 3.38. The highest BCUT2D eigenvalue weighted by Crippen LogP contribution is 2.34. The van der Waals surface area contributed by atoms with E-state index in [0.717, 1.165) is 26.7 Å². The van der Waals surface area contributed by atoms with Crippen LogP contribution in [0, 0.1) is 0 Å². The molecule has 2 nitrogen and oxygen atoms in total. The number of fused-ring (bicyclic) bond motifs is 1. The zero-order valence-corrected chi connectivity index (χ0v) is 12.7. The molecule has 0 aliphatic rings. The number of nitrogens with zero attached hydrogens (tertiary/aromatic N) is 1. The first-order valence-electron chi connectivity index (χ1n) is 6.57. The molecule has 0 saturated carbocycles. The Morgan fingerprint density at radius 1 is 1.15 bits per heavy atom. The highest BCUT2D eigenvalue weighted by molar-refractivity contribution is 8.01. The largest absolute Gasteiger partial charge is 0.388 e. The molecule has 0 fully saturated rings. The second kappa shape index (κ2) is 5.95. The predicted octanol–water partition coefficient (Wildman–Crippen LogP) is 4.89. The Hall–Kier alpha value is -1.36. The number of para-hydroxylation sites is 1. The van der Waals surface area contributed by atoms with Gasteiger partial charge in [0.05, 0.1) is 16.3 Å². The number of benzene rings is 2. The first kappa shape index (κ1) is 13.6. The van der Waals surface area contributed by atoms with Crippen LogP contribution in [-0.2, 0) is 0 Å². The summed E-state index contributed by atoms with van der Waals surface area (Å²) < 4.78 is 2.27. The van der Waals surface area contributed by atoms with E-state index < -0.39 is 0 Å². The van der Waals surface area contributed by atoms with Crippen molar-refractivity contribution in [2.45, 2.75) is 28.7 Å². The fraction of sp³-hybridized carbons (Fsp3) is 0.188. The van der Waals surface area contributed by atoms with Crippen LogP contribution in [-0.4, -0.2) is 10.1 Å². The molecule has 0 radical (unpaired) electrons. The van der Waals surface area contributed by atoms with Gasteiger partial charge in [-0.2, -0.15) is 0 Å². The fourth-order valence-electron chi connectivity index (χ4n) is 1.99. The van der Waals surface area contributed by atoms with Gasteiger partial charge < -0.3 is 5.11 Å². The molecule has 0 aliphatic heterocycles. The highest BCUT2D eigenvalue weighted by Gasteiger charge is 2.07. The van der Waals surface area contributed by atoms with Crippen LogP contribution in [0.25, 0.3) is 10.2 Å². The maximum absolute atomic E-state index is 9.79. The van der Waals surface area contributed by atoms with Gasteiger partial charge in [-0.15, -0.1) is 11.3 Å². The lowest BCUT2D eigenvalue weighted by Gasteiger charge is -2.08. The number of hydrogen-bond acceptors (Lipinski definition) is 4.